The zero-order chi connectivity index (χ0) is 15.7. The minimum absolute atomic E-state index is 0.00210. The minimum atomic E-state index is -3.76. The third-order valence-electron chi connectivity index (χ3n) is 3.24. The van der Waals surface area contributed by atoms with Crippen LogP contribution in [0.2, 0.25) is 5.02 Å². The standard InChI is InChI=1S/C11H16ClN3O4S2/c1-13-11-10(12)6-9(7-14-11)21(18,19)15-8-2-4-20(16,17)5-3-8/h6-8,15H,2-5H2,1H3,(H,13,14). The number of nitrogens with one attached hydrogen (secondary N) is 2. The summed E-state index contributed by atoms with van der Waals surface area (Å²) in [5.41, 5.74) is 0. The molecule has 1 aromatic heterocycles. The lowest BCUT2D eigenvalue weighted by Crippen LogP contribution is -2.40. The summed E-state index contributed by atoms with van der Waals surface area (Å²) >= 11 is 5.92. The van der Waals surface area contributed by atoms with Crippen LogP contribution in [0.1, 0.15) is 12.8 Å². The molecular formula is C11H16ClN3O4S2. The van der Waals surface area contributed by atoms with Crippen LogP contribution in [0.3, 0.4) is 0 Å². The van der Waals surface area contributed by atoms with Crippen molar-refractivity contribution in [2.24, 2.45) is 0 Å². The second-order valence-electron chi connectivity index (χ2n) is 4.80. The van der Waals surface area contributed by atoms with Gasteiger partial charge in [0.2, 0.25) is 10.0 Å². The van der Waals surface area contributed by atoms with E-state index < -0.39 is 19.9 Å². The highest BCUT2D eigenvalue weighted by atomic mass is 35.5. The normalized spacial score (nSPS) is 19.3. The number of nitrogens with zero attached hydrogens (tertiary/aromatic N) is 1. The van der Waals surface area contributed by atoms with Crippen molar-refractivity contribution in [1.82, 2.24) is 9.71 Å². The molecule has 2 heterocycles. The van der Waals surface area contributed by atoms with Gasteiger partial charge in [0.15, 0.2) is 0 Å². The molecule has 1 fully saturated rings. The molecule has 0 aromatic carbocycles. The maximum atomic E-state index is 12.2. The van der Waals surface area contributed by atoms with Crippen molar-refractivity contribution in [3.63, 3.8) is 0 Å². The number of rotatable bonds is 4. The predicted octanol–water partition coefficient (Wildman–Crippen LogP) is 0.632. The molecule has 21 heavy (non-hydrogen) atoms. The van der Waals surface area contributed by atoms with E-state index in [1.165, 1.54) is 12.3 Å². The van der Waals surface area contributed by atoms with Crippen LogP contribution in [0.15, 0.2) is 17.2 Å². The van der Waals surface area contributed by atoms with Gasteiger partial charge in [0.25, 0.3) is 0 Å². The summed E-state index contributed by atoms with van der Waals surface area (Å²) in [6, 6.07) is 0.920. The Hall–Kier alpha value is -0.900. The summed E-state index contributed by atoms with van der Waals surface area (Å²) in [5, 5.41) is 2.94. The van der Waals surface area contributed by atoms with Crippen molar-refractivity contribution in [3.8, 4) is 0 Å². The van der Waals surface area contributed by atoms with Gasteiger partial charge in [0.1, 0.15) is 20.6 Å². The number of anilines is 1. The number of hydrogen-bond acceptors (Lipinski definition) is 6. The molecule has 1 aliphatic rings. The largest absolute Gasteiger partial charge is 0.372 e. The monoisotopic (exact) mass is 353 g/mol. The average Bonchev–Trinajstić information content (AvgIpc) is 2.41. The lowest BCUT2D eigenvalue weighted by atomic mass is 10.2. The van der Waals surface area contributed by atoms with Crippen LogP contribution in [0.25, 0.3) is 0 Å². The molecule has 10 heteroatoms. The summed E-state index contributed by atoms with van der Waals surface area (Å²) in [7, 11) is -5.16. The van der Waals surface area contributed by atoms with Gasteiger partial charge in [-0.1, -0.05) is 11.6 Å². The molecule has 2 rings (SSSR count). The molecule has 7 nitrogen and oxygen atoms in total. The fourth-order valence-corrected chi connectivity index (χ4v) is 5.14. The van der Waals surface area contributed by atoms with Crippen molar-refractivity contribution >= 4 is 37.3 Å². The van der Waals surface area contributed by atoms with E-state index >= 15 is 0 Å². The Morgan fingerprint density at radius 3 is 2.48 bits per heavy atom. The zero-order valence-electron chi connectivity index (χ0n) is 11.3. The average molecular weight is 354 g/mol. The van der Waals surface area contributed by atoms with Gasteiger partial charge in [0.05, 0.1) is 16.5 Å². The quantitative estimate of drug-likeness (QED) is 0.822. The van der Waals surface area contributed by atoms with Crippen LogP contribution >= 0.6 is 11.6 Å². The van der Waals surface area contributed by atoms with Crippen molar-refractivity contribution in [2.75, 3.05) is 23.9 Å². The van der Waals surface area contributed by atoms with Crippen LogP contribution in [0.5, 0.6) is 0 Å². The van der Waals surface area contributed by atoms with Crippen molar-refractivity contribution < 1.29 is 16.8 Å². The Morgan fingerprint density at radius 2 is 1.95 bits per heavy atom. The molecule has 1 aliphatic heterocycles. The van der Waals surface area contributed by atoms with E-state index in [-0.39, 0.29) is 40.3 Å². The van der Waals surface area contributed by atoms with Gasteiger partial charge >= 0.3 is 0 Å². The van der Waals surface area contributed by atoms with E-state index in [0.717, 1.165) is 0 Å². The summed E-state index contributed by atoms with van der Waals surface area (Å²) in [6.07, 6.45) is 1.76. The Morgan fingerprint density at radius 1 is 1.33 bits per heavy atom. The molecule has 0 amide bonds. The molecule has 2 N–H and O–H groups in total. The van der Waals surface area contributed by atoms with E-state index in [9.17, 15) is 16.8 Å². The summed E-state index contributed by atoms with van der Waals surface area (Å²) in [5.74, 6) is 0.384. The zero-order valence-corrected chi connectivity index (χ0v) is 13.7. The lowest BCUT2D eigenvalue weighted by Gasteiger charge is -2.22. The minimum Gasteiger partial charge on any atom is -0.372 e. The fraction of sp³-hybridized carbons (Fsp3) is 0.545. The van der Waals surface area contributed by atoms with Crippen LogP contribution in [-0.4, -0.2) is 46.4 Å². The number of sulfonamides is 1. The number of sulfone groups is 1. The Kier molecular flexibility index (Phi) is 4.76. The van der Waals surface area contributed by atoms with Gasteiger partial charge in [-0.15, -0.1) is 0 Å². The van der Waals surface area contributed by atoms with Crippen LogP contribution < -0.4 is 10.0 Å². The Balaban J connectivity index is 2.14. The topological polar surface area (TPSA) is 105 Å². The van der Waals surface area contributed by atoms with Gasteiger partial charge in [-0.05, 0) is 18.9 Å². The van der Waals surface area contributed by atoms with Crippen molar-refractivity contribution in [3.05, 3.63) is 17.3 Å². The van der Waals surface area contributed by atoms with Crippen LogP contribution in [0, 0.1) is 0 Å². The third kappa shape index (κ3) is 4.06. The maximum absolute atomic E-state index is 12.2. The highest BCUT2D eigenvalue weighted by Crippen LogP contribution is 2.23. The maximum Gasteiger partial charge on any atom is 0.242 e. The molecule has 1 aromatic rings. The van der Waals surface area contributed by atoms with Crippen LogP contribution in [-0.2, 0) is 19.9 Å². The van der Waals surface area contributed by atoms with Gasteiger partial charge in [-0.2, -0.15) is 0 Å². The predicted molar refractivity (Wildman–Crippen MR) is 80.8 cm³/mol. The first-order valence-corrected chi connectivity index (χ1v) is 9.98. The molecular weight excluding hydrogens is 338 g/mol. The first-order chi connectivity index (χ1) is 9.73. The summed E-state index contributed by atoms with van der Waals surface area (Å²) in [4.78, 5) is 3.88. The fourth-order valence-electron chi connectivity index (χ4n) is 2.05. The van der Waals surface area contributed by atoms with E-state index in [4.69, 9.17) is 11.6 Å². The van der Waals surface area contributed by atoms with E-state index in [2.05, 4.69) is 15.0 Å². The molecule has 0 radical (unpaired) electrons. The van der Waals surface area contributed by atoms with E-state index in [0.29, 0.717) is 5.82 Å². The first-order valence-electron chi connectivity index (χ1n) is 6.29. The van der Waals surface area contributed by atoms with E-state index in [1.54, 1.807) is 7.05 Å². The molecule has 0 unspecified atom stereocenters. The number of hydrogen-bond donors (Lipinski definition) is 2. The summed E-state index contributed by atoms with van der Waals surface area (Å²) in [6.45, 7) is 0. The number of halogens is 1. The van der Waals surface area contributed by atoms with Gasteiger partial charge in [-0.3, -0.25) is 0 Å². The Labute approximate surface area is 129 Å². The van der Waals surface area contributed by atoms with Crippen molar-refractivity contribution in [2.45, 2.75) is 23.8 Å². The molecule has 118 valence electrons. The highest BCUT2D eigenvalue weighted by molar-refractivity contribution is 7.91. The molecule has 0 aliphatic carbocycles. The molecule has 1 saturated heterocycles. The molecule has 0 atom stereocenters. The van der Waals surface area contributed by atoms with Gasteiger partial charge in [0, 0.05) is 19.3 Å². The highest BCUT2D eigenvalue weighted by Gasteiger charge is 2.28. The smallest absolute Gasteiger partial charge is 0.242 e. The van der Waals surface area contributed by atoms with Crippen molar-refractivity contribution in [1.29, 1.82) is 0 Å². The first kappa shape index (κ1) is 16.5. The van der Waals surface area contributed by atoms with Gasteiger partial charge < -0.3 is 5.32 Å². The second-order valence-corrected chi connectivity index (χ2v) is 9.22. The molecule has 0 spiro atoms. The third-order valence-corrected chi connectivity index (χ3v) is 6.73. The summed E-state index contributed by atoms with van der Waals surface area (Å²) < 4.78 is 49.6. The SMILES string of the molecule is CNc1ncc(S(=O)(=O)NC2CCS(=O)(=O)CC2)cc1Cl. The van der Waals surface area contributed by atoms with E-state index in [1.807, 2.05) is 0 Å². The second kappa shape index (κ2) is 6.07. The lowest BCUT2D eigenvalue weighted by molar-refractivity contribution is 0.505. The molecule has 0 saturated carbocycles. The van der Waals surface area contributed by atoms with Crippen LogP contribution in [0.4, 0.5) is 5.82 Å². The molecule has 0 bridgehead atoms. The van der Waals surface area contributed by atoms with Gasteiger partial charge in [-0.25, -0.2) is 26.5 Å². The number of pyridine rings is 1. The number of aromatic nitrogens is 1. The Bertz CT molecular complexity index is 720.